The standard InChI is InChI=1S/C15H12ClN3O6/c1-24-14(20)8-25-10-3-4-12(19(22)23)11(6-10)15(21)18-13-5-2-9(16)7-17-13/h2-7H,8H2,1H3,(H,17,18,21). The summed E-state index contributed by atoms with van der Waals surface area (Å²) in [6, 6.07) is 6.50. The Morgan fingerprint density at radius 3 is 2.68 bits per heavy atom. The molecular formula is C15H12ClN3O6. The molecule has 9 nitrogen and oxygen atoms in total. The number of rotatable bonds is 6. The number of nitrogens with zero attached hydrogens (tertiary/aromatic N) is 2. The predicted molar refractivity (Wildman–Crippen MR) is 87.8 cm³/mol. The Kier molecular flexibility index (Phi) is 5.85. The second kappa shape index (κ2) is 8.06. The van der Waals surface area contributed by atoms with E-state index in [0.717, 1.165) is 12.1 Å². The summed E-state index contributed by atoms with van der Waals surface area (Å²) in [5.74, 6) is -1.12. The minimum absolute atomic E-state index is 0.102. The highest BCUT2D eigenvalue weighted by molar-refractivity contribution is 6.30. The fourth-order valence-electron chi connectivity index (χ4n) is 1.78. The molecule has 1 aromatic carbocycles. The van der Waals surface area contributed by atoms with Crippen LogP contribution in [0.4, 0.5) is 11.5 Å². The maximum atomic E-state index is 12.3. The van der Waals surface area contributed by atoms with Crippen LogP contribution >= 0.6 is 11.6 Å². The van der Waals surface area contributed by atoms with Crippen molar-refractivity contribution in [1.82, 2.24) is 4.98 Å². The largest absolute Gasteiger partial charge is 0.482 e. The van der Waals surface area contributed by atoms with Crippen molar-refractivity contribution in [3.8, 4) is 5.75 Å². The van der Waals surface area contributed by atoms with Gasteiger partial charge < -0.3 is 14.8 Å². The smallest absolute Gasteiger partial charge is 0.343 e. The molecule has 0 unspecified atom stereocenters. The number of benzene rings is 1. The number of pyridine rings is 1. The minimum Gasteiger partial charge on any atom is -0.482 e. The Balaban J connectivity index is 2.25. The zero-order valence-electron chi connectivity index (χ0n) is 12.9. The van der Waals surface area contributed by atoms with Crippen LogP contribution in [0.2, 0.25) is 5.02 Å². The van der Waals surface area contributed by atoms with Gasteiger partial charge in [-0.25, -0.2) is 9.78 Å². The fraction of sp³-hybridized carbons (Fsp3) is 0.133. The number of nitro groups is 1. The van der Waals surface area contributed by atoms with E-state index < -0.39 is 29.1 Å². The highest BCUT2D eigenvalue weighted by atomic mass is 35.5. The van der Waals surface area contributed by atoms with Gasteiger partial charge in [-0.15, -0.1) is 0 Å². The number of nitro benzene ring substituents is 1. The quantitative estimate of drug-likeness (QED) is 0.474. The SMILES string of the molecule is COC(=O)COc1ccc([N+](=O)[O-])c(C(=O)Nc2ccc(Cl)cn2)c1. The van der Waals surface area contributed by atoms with Gasteiger partial charge in [0.05, 0.1) is 17.1 Å². The summed E-state index contributed by atoms with van der Waals surface area (Å²) >= 11 is 5.71. The van der Waals surface area contributed by atoms with Gasteiger partial charge in [-0.2, -0.15) is 0 Å². The number of nitrogens with one attached hydrogen (secondary N) is 1. The van der Waals surface area contributed by atoms with E-state index in [9.17, 15) is 19.7 Å². The van der Waals surface area contributed by atoms with E-state index >= 15 is 0 Å². The van der Waals surface area contributed by atoms with Crippen molar-refractivity contribution < 1.29 is 24.0 Å². The summed E-state index contributed by atoms with van der Waals surface area (Å²) in [6.07, 6.45) is 1.32. The Morgan fingerprint density at radius 2 is 2.08 bits per heavy atom. The van der Waals surface area contributed by atoms with Crippen molar-refractivity contribution in [2.75, 3.05) is 19.0 Å². The predicted octanol–water partition coefficient (Wildman–Crippen LogP) is 2.45. The molecule has 0 aliphatic heterocycles. The molecule has 0 spiro atoms. The summed E-state index contributed by atoms with van der Waals surface area (Å²) < 4.78 is 9.57. The average molecular weight is 366 g/mol. The lowest BCUT2D eigenvalue weighted by Gasteiger charge is -2.08. The molecule has 1 N–H and O–H groups in total. The van der Waals surface area contributed by atoms with Crippen LogP contribution in [0.5, 0.6) is 5.75 Å². The highest BCUT2D eigenvalue weighted by Crippen LogP contribution is 2.25. The molecular weight excluding hydrogens is 354 g/mol. The van der Waals surface area contributed by atoms with Gasteiger partial charge in [-0.1, -0.05) is 11.6 Å². The number of halogens is 1. The number of aromatic nitrogens is 1. The molecule has 0 aliphatic carbocycles. The molecule has 0 fully saturated rings. The first kappa shape index (κ1) is 18.1. The van der Waals surface area contributed by atoms with Crippen LogP contribution in [0.25, 0.3) is 0 Å². The third-order valence-corrected chi connectivity index (χ3v) is 3.19. The van der Waals surface area contributed by atoms with Crippen molar-refractivity contribution in [1.29, 1.82) is 0 Å². The average Bonchev–Trinajstić information content (AvgIpc) is 2.61. The van der Waals surface area contributed by atoms with E-state index in [4.69, 9.17) is 16.3 Å². The Hall–Kier alpha value is -3.20. The van der Waals surface area contributed by atoms with Crippen LogP contribution in [-0.2, 0) is 9.53 Å². The zero-order chi connectivity index (χ0) is 18.4. The van der Waals surface area contributed by atoms with Crippen molar-refractivity contribution in [3.63, 3.8) is 0 Å². The molecule has 10 heteroatoms. The zero-order valence-corrected chi connectivity index (χ0v) is 13.6. The molecule has 25 heavy (non-hydrogen) atoms. The monoisotopic (exact) mass is 365 g/mol. The molecule has 2 aromatic rings. The van der Waals surface area contributed by atoms with Crippen molar-refractivity contribution in [2.24, 2.45) is 0 Å². The third-order valence-electron chi connectivity index (χ3n) is 2.96. The third kappa shape index (κ3) is 4.88. The van der Waals surface area contributed by atoms with E-state index in [0.29, 0.717) is 5.02 Å². The molecule has 0 atom stereocenters. The van der Waals surface area contributed by atoms with Crippen LogP contribution in [0.1, 0.15) is 10.4 Å². The topological polar surface area (TPSA) is 121 Å². The molecule has 0 saturated carbocycles. The molecule has 2 rings (SSSR count). The van der Waals surface area contributed by atoms with E-state index in [2.05, 4.69) is 15.0 Å². The van der Waals surface area contributed by atoms with Gasteiger partial charge in [-0.3, -0.25) is 14.9 Å². The van der Waals surface area contributed by atoms with Crippen molar-refractivity contribution >= 4 is 35.0 Å². The molecule has 0 radical (unpaired) electrons. The molecule has 0 aliphatic rings. The second-order valence-electron chi connectivity index (χ2n) is 4.62. The normalized spacial score (nSPS) is 10.0. The van der Waals surface area contributed by atoms with Gasteiger partial charge in [0.2, 0.25) is 0 Å². The van der Waals surface area contributed by atoms with Gasteiger partial charge in [0, 0.05) is 12.3 Å². The Bertz CT molecular complexity index is 809. The fourth-order valence-corrected chi connectivity index (χ4v) is 1.89. The Morgan fingerprint density at radius 1 is 1.32 bits per heavy atom. The van der Waals surface area contributed by atoms with Crippen LogP contribution in [0, 0.1) is 10.1 Å². The molecule has 1 aromatic heterocycles. The van der Waals surface area contributed by atoms with Crippen LogP contribution in [-0.4, -0.2) is 35.5 Å². The van der Waals surface area contributed by atoms with E-state index in [1.165, 1.54) is 31.5 Å². The highest BCUT2D eigenvalue weighted by Gasteiger charge is 2.22. The number of anilines is 1. The van der Waals surface area contributed by atoms with E-state index in [1.54, 1.807) is 0 Å². The number of carbonyl (C=O) groups is 2. The van der Waals surface area contributed by atoms with Crippen LogP contribution in [0.3, 0.4) is 0 Å². The first-order valence-electron chi connectivity index (χ1n) is 6.81. The van der Waals surface area contributed by atoms with Gasteiger partial charge in [0.25, 0.3) is 11.6 Å². The van der Waals surface area contributed by atoms with Gasteiger partial charge in [-0.05, 0) is 24.3 Å². The first-order chi connectivity index (χ1) is 11.9. The number of methoxy groups -OCH3 is 1. The van der Waals surface area contributed by atoms with Gasteiger partial charge in [0.15, 0.2) is 6.61 Å². The summed E-state index contributed by atoms with van der Waals surface area (Å²) in [5.41, 5.74) is -0.666. The molecule has 130 valence electrons. The lowest BCUT2D eigenvalue weighted by atomic mass is 10.1. The van der Waals surface area contributed by atoms with E-state index in [1.807, 2.05) is 0 Å². The number of carbonyl (C=O) groups excluding carboxylic acids is 2. The van der Waals surface area contributed by atoms with Gasteiger partial charge >= 0.3 is 5.97 Å². The lowest BCUT2D eigenvalue weighted by molar-refractivity contribution is -0.385. The maximum absolute atomic E-state index is 12.3. The molecule has 0 bridgehead atoms. The molecule has 1 amide bonds. The summed E-state index contributed by atoms with van der Waals surface area (Å²) in [6.45, 7) is -0.395. The number of amides is 1. The molecule has 1 heterocycles. The Labute approximate surface area is 146 Å². The van der Waals surface area contributed by atoms with Crippen molar-refractivity contribution in [3.05, 3.63) is 57.2 Å². The summed E-state index contributed by atoms with van der Waals surface area (Å²) in [4.78, 5) is 37.7. The molecule has 0 saturated heterocycles. The van der Waals surface area contributed by atoms with Gasteiger partial charge in [0.1, 0.15) is 17.1 Å². The first-order valence-corrected chi connectivity index (χ1v) is 7.19. The maximum Gasteiger partial charge on any atom is 0.343 e. The minimum atomic E-state index is -0.759. The van der Waals surface area contributed by atoms with Crippen molar-refractivity contribution in [2.45, 2.75) is 0 Å². The van der Waals surface area contributed by atoms with E-state index in [-0.39, 0.29) is 17.1 Å². The second-order valence-corrected chi connectivity index (χ2v) is 5.05. The number of hydrogen-bond donors (Lipinski definition) is 1. The number of hydrogen-bond acceptors (Lipinski definition) is 7. The summed E-state index contributed by atoms with van der Waals surface area (Å²) in [7, 11) is 1.19. The van der Waals surface area contributed by atoms with Crippen LogP contribution in [0.15, 0.2) is 36.5 Å². The lowest BCUT2D eigenvalue weighted by Crippen LogP contribution is -2.16. The summed E-state index contributed by atoms with van der Waals surface area (Å²) in [5, 5.41) is 13.9. The number of esters is 1. The number of ether oxygens (including phenoxy) is 2. The van der Waals surface area contributed by atoms with Crippen LogP contribution < -0.4 is 10.1 Å².